The van der Waals surface area contributed by atoms with Crippen LogP contribution in [0, 0.1) is 5.92 Å². The Balaban J connectivity index is 2.13. The summed E-state index contributed by atoms with van der Waals surface area (Å²) in [6, 6.07) is 5.99. The van der Waals surface area contributed by atoms with Gasteiger partial charge in [0.15, 0.2) is 0 Å². The molecule has 0 amide bonds. The summed E-state index contributed by atoms with van der Waals surface area (Å²) in [6.45, 7) is 5.67. The SMILES string of the molecule is CNC(C)c1ccc(N2CCC(C(C)O)C2)cc1O. The van der Waals surface area contributed by atoms with E-state index in [4.69, 9.17) is 0 Å². The fourth-order valence-corrected chi connectivity index (χ4v) is 2.67. The number of hydrogen-bond acceptors (Lipinski definition) is 4. The van der Waals surface area contributed by atoms with Gasteiger partial charge < -0.3 is 20.4 Å². The van der Waals surface area contributed by atoms with E-state index in [1.54, 1.807) is 0 Å². The maximum atomic E-state index is 10.1. The molecule has 1 aromatic rings. The van der Waals surface area contributed by atoms with Crippen molar-refractivity contribution in [3.63, 3.8) is 0 Å². The molecular formula is C15H24N2O2. The van der Waals surface area contributed by atoms with Crippen molar-refractivity contribution in [1.29, 1.82) is 0 Å². The van der Waals surface area contributed by atoms with E-state index in [0.717, 1.165) is 30.8 Å². The monoisotopic (exact) mass is 264 g/mol. The summed E-state index contributed by atoms with van der Waals surface area (Å²) in [5.41, 5.74) is 1.95. The van der Waals surface area contributed by atoms with Gasteiger partial charge in [0, 0.05) is 42.4 Å². The van der Waals surface area contributed by atoms with Gasteiger partial charge in [-0.3, -0.25) is 0 Å². The van der Waals surface area contributed by atoms with Crippen LogP contribution in [0.5, 0.6) is 5.75 Å². The van der Waals surface area contributed by atoms with Gasteiger partial charge in [-0.25, -0.2) is 0 Å². The molecule has 1 fully saturated rings. The van der Waals surface area contributed by atoms with Gasteiger partial charge >= 0.3 is 0 Å². The third-order valence-corrected chi connectivity index (χ3v) is 4.19. The number of aromatic hydroxyl groups is 1. The summed E-state index contributed by atoms with van der Waals surface area (Å²) < 4.78 is 0. The molecule has 19 heavy (non-hydrogen) atoms. The van der Waals surface area contributed by atoms with E-state index in [-0.39, 0.29) is 12.1 Å². The Morgan fingerprint density at radius 3 is 2.63 bits per heavy atom. The molecule has 4 heteroatoms. The molecule has 0 spiro atoms. The van der Waals surface area contributed by atoms with Crippen LogP contribution in [0.25, 0.3) is 0 Å². The minimum absolute atomic E-state index is 0.137. The highest BCUT2D eigenvalue weighted by molar-refractivity contribution is 5.54. The Hall–Kier alpha value is -1.26. The van der Waals surface area contributed by atoms with Crippen LogP contribution < -0.4 is 10.2 Å². The van der Waals surface area contributed by atoms with Crippen molar-refractivity contribution in [3.8, 4) is 5.75 Å². The largest absolute Gasteiger partial charge is 0.508 e. The van der Waals surface area contributed by atoms with Crippen molar-refractivity contribution in [2.24, 2.45) is 5.92 Å². The molecule has 0 aliphatic carbocycles. The lowest BCUT2D eigenvalue weighted by molar-refractivity contribution is 0.136. The van der Waals surface area contributed by atoms with Crippen molar-refractivity contribution >= 4 is 5.69 Å². The fourth-order valence-electron chi connectivity index (χ4n) is 2.67. The Morgan fingerprint density at radius 1 is 1.37 bits per heavy atom. The third-order valence-electron chi connectivity index (χ3n) is 4.19. The van der Waals surface area contributed by atoms with Crippen LogP contribution in [-0.4, -0.2) is 36.5 Å². The zero-order valence-corrected chi connectivity index (χ0v) is 11.9. The topological polar surface area (TPSA) is 55.7 Å². The number of nitrogens with zero attached hydrogens (tertiary/aromatic N) is 1. The van der Waals surface area contributed by atoms with Crippen molar-refractivity contribution in [3.05, 3.63) is 23.8 Å². The van der Waals surface area contributed by atoms with E-state index in [0.29, 0.717) is 11.7 Å². The molecule has 2 rings (SSSR count). The van der Waals surface area contributed by atoms with Gasteiger partial charge in [0.25, 0.3) is 0 Å². The Bertz CT molecular complexity index is 434. The zero-order valence-electron chi connectivity index (χ0n) is 11.9. The van der Waals surface area contributed by atoms with Crippen LogP contribution in [-0.2, 0) is 0 Å². The second kappa shape index (κ2) is 5.80. The number of benzene rings is 1. The smallest absolute Gasteiger partial charge is 0.122 e. The minimum Gasteiger partial charge on any atom is -0.508 e. The Morgan fingerprint density at radius 2 is 2.11 bits per heavy atom. The first-order valence-corrected chi connectivity index (χ1v) is 6.96. The van der Waals surface area contributed by atoms with E-state index in [1.165, 1.54) is 0 Å². The van der Waals surface area contributed by atoms with Crippen LogP contribution in [0.15, 0.2) is 18.2 Å². The summed E-state index contributed by atoms with van der Waals surface area (Å²) in [5.74, 6) is 0.665. The number of rotatable bonds is 4. The predicted octanol–water partition coefficient (Wildman–Crippen LogP) is 1.88. The fraction of sp³-hybridized carbons (Fsp3) is 0.600. The molecular weight excluding hydrogens is 240 g/mol. The van der Waals surface area contributed by atoms with E-state index in [1.807, 2.05) is 39.1 Å². The minimum atomic E-state index is -0.262. The van der Waals surface area contributed by atoms with Crippen LogP contribution in [0.1, 0.15) is 31.9 Å². The number of phenols is 1. The first kappa shape index (κ1) is 14.2. The molecule has 3 atom stereocenters. The van der Waals surface area contributed by atoms with E-state index in [2.05, 4.69) is 10.2 Å². The second-order valence-electron chi connectivity index (χ2n) is 5.49. The van der Waals surface area contributed by atoms with E-state index >= 15 is 0 Å². The van der Waals surface area contributed by atoms with Gasteiger partial charge in [-0.05, 0) is 33.4 Å². The van der Waals surface area contributed by atoms with Crippen molar-refractivity contribution in [1.82, 2.24) is 5.32 Å². The maximum Gasteiger partial charge on any atom is 0.122 e. The molecule has 0 saturated carbocycles. The highest BCUT2D eigenvalue weighted by Crippen LogP contribution is 2.32. The average Bonchev–Trinajstić information content (AvgIpc) is 2.87. The van der Waals surface area contributed by atoms with Gasteiger partial charge in [-0.2, -0.15) is 0 Å². The first-order chi connectivity index (χ1) is 9.02. The highest BCUT2D eigenvalue weighted by atomic mass is 16.3. The molecule has 1 aliphatic heterocycles. The lowest BCUT2D eigenvalue weighted by Gasteiger charge is -2.21. The zero-order chi connectivity index (χ0) is 14.0. The molecule has 3 N–H and O–H groups in total. The normalized spacial score (nSPS) is 22.5. The molecule has 1 heterocycles. The Labute approximate surface area is 115 Å². The third kappa shape index (κ3) is 3.01. The van der Waals surface area contributed by atoms with Gasteiger partial charge in [-0.15, -0.1) is 0 Å². The van der Waals surface area contributed by atoms with E-state index < -0.39 is 0 Å². The summed E-state index contributed by atoms with van der Waals surface area (Å²) in [5, 5.41) is 22.9. The van der Waals surface area contributed by atoms with E-state index in [9.17, 15) is 10.2 Å². The first-order valence-electron chi connectivity index (χ1n) is 6.96. The molecule has 1 aromatic carbocycles. The van der Waals surface area contributed by atoms with Crippen molar-refractivity contribution in [2.75, 3.05) is 25.0 Å². The molecule has 3 unspecified atom stereocenters. The molecule has 106 valence electrons. The molecule has 1 saturated heterocycles. The van der Waals surface area contributed by atoms with Gasteiger partial charge in [0.1, 0.15) is 5.75 Å². The van der Waals surface area contributed by atoms with Crippen LogP contribution >= 0.6 is 0 Å². The van der Waals surface area contributed by atoms with Crippen molar-refractivity contribution in [2.45, 2.75) is 32.4 Å². The highest BCUT2D eigenvalue weighted by Gasteiger charge is 2.26. The summed E-state index contributed by atoms with van der Waals surface area (Å²) in [4.78, 5) is 2.23. The Kier molecular flexibility index (Phi) is 4.32. The van der Waals surface area contributed by atoms with Gasteiger partial charge in [0.2, 0.25) is 0 Å². The standard InChI is InChI=1S/C15H24N2O2/c1-10(16-3)14-5-4-13(8-15(14)19)17-7-6-12(9-17)11(2)18/h4-5,8,10-12,16,18-19H,6-7,9H2,1-3H3. The maximum absolute atomic E-state index is 10.1. The summed E-state index contributed by atoms with van der Waals surface area (Å²) in [6.07, 6.45) is 0.745. The second-order valence-corrected chi connectivity index (χ2v) is 5.49. The number of aliphatic hydroxyl groups is 1. The molecule has 1 aliphatic rings. The van der Waals surface area contributed by atoms with Crippen LogP contribution in [0.4, 0.5) is 5.69 Å². The number of aliphatic hydroxyl groups excluding tert-OH is 1. The number of phenolic OH excluding ortho intramolecular Hbond substituents is 1. The van der Waals surface area contributed by atoms with Crippen LogP contribution in [0.3, 0.4) is 0 Å². The number of hydrogen-bond donors (Lipinski definition) is 3. The van der Waals surface area contributed by atoms with Gasteiger partial charge in [0.05, 0.1) is 6.10 Å². The quantitative estimate of drug-likeness (QED) is 0.777. The molecule has 0 bridgehead atoms. The number of anilines is 1. The van der Waals surface area contributed by atoms with Crippen LogP contribution in [0.2, 0.25) is 0 Å². The molecule has 4 nitrogen and oxygen atoms in total. The molecule has 0 aromatic heterocycles. The predicted molar refractivity (Wildman–Crippen MR) is 77.6 cm³/mol. The lowest BCUT2D eigenvalue weighted by Crippen LogP contribution is -2.24. The van der Waals surface area contributed by atoms with Gasteiger partial charge in [-0.1, -0.05) is 6.07 Å². The average molecular weight is 264 g/mol. The molecule has 0 radical (unpaired) electrons. The van der Waals surface area contributed by atoms with Crippen molar-refractivity contribution < 1.29 is 10.2 Å². The summed E-state index contributed by atoms with van der Waals surface area (Å²) in [7, 11) is 1.88. The lowest BCUT2D eigenvalue weighted by atomic mass is 10.0. The number of nitrogens with one attached hydrogen (secondary N) is 1. The summed E-state index contributed by atoms with van der Waals surface area (Å²) >= 11 is 0.